The van der Waals surface area contributed by atoms with E-state index in [9.17, 15) is 0 Å². The Balaban J connectivity index is 1.71. The highest BCUT2D eigenvalue weighted by Crippen LogP contribution is 2.23. The molecule has 0 aliphatic carbocycles. The molecule has 0 aliphatic heterocycles. The minimum Gasteiger partial charge on any atom is -0.267 e. The minimum absolute atomic E-state index is 0.747. The van der Waals surface area contributed by atoms with Crippen molar-refractivity contribution in [3.05, 3.63) is 73.7 Å². The topological polar surface area (TPSA) is 56.7 Å². The summed E-state index contributed by atoms with van der Waals surface area (Å²) >= 11 is 0. The van der Waals surface area contributed by atoms with Crippen molar-refractivity contribution < 1.29 is 0 Å². The lowest BCUT2D eigenvalue weighted by Gasteiger charge is -2.19. The zero-order chi connectivity index (χ0) is 16.8. The molecule has 0 unspecified atom stereocenters. The van der Waals surface area contributed by atoms with Crippen LogP contribution in [-0.2, 0) is 0 Å². The van der Waals surface area contributed by atoms with Crippen LogP contribution in [0.15, 0.2) is 73.7 Å². The summed E-state index contributed by atoms with van der Waals surface area (Å²) in [7, 11) is 1.95. The monoisotopic (exact) mass is 329 g/mol. The van der Waals surface area contributed by atoms with Gasteiger partial charge in [0, 0.05) is 31.0 Å². The molecule has 5 rings (SSSR count). The summed E-state index contributed by atoms with van der Waals surface area (Å²) in [6.45, 7) is 0. The van der Waals surface area contributed by atoms with Gasteiger partial charge in [-0.3, -0.25) is 14.4 Å². The maximum Gasteiger partial charge on any atom is 0.185 e. The Morgan fingerprint density at radius 3 is 2.56 bits per heavy atom. The molecule has 0 spiro atoms. The standard InChI is InChI=1S/C18H15N7/c1-22(23-9-4-5-10-23)17-16-18(20-12-19-17)25(13-21-16)24-11-8-14-6-2-3-7-15(14)24/h2-13H,1H3. The van der Waals surface area contributed by atoms with Gasteiger partial charge in [0.2, 0.25) is 0 Å². The molecule has 0 saturated heterocycles. The Labute approximate surface area is 143 Å². The Bertz CT molecular complexity index is 1170. The van der Waals surface area contributed by atoms with Crippen molar-refractivity contribution in [1.29, 1.82) is 0 Å². The molecule has 5 aromatic rings. The van der Waals surface area contributed by atoms with Crippen molar-refractivity contribution in [1.82, 2.24) is 29.0 Å². The van der Waals surface area contributed by atoms with Crippen LogP contribution in [-0.4, -0.2) is 36.0 Å². The van der Waals surface area contributed by atoms with E-state index >= 15 is 0 Å². The predicted molar refractivity (Wildman–Crippen MR) is 96.3 cm³/mol. The van der Waals surface area contributed by atoms with Gasteiger partial charge in [-0.05, 0) is 24.3 Å². The minimum atomic E-state index is 0.747. The summed E-state index contributed by atoms with van der Waals surface area (Å²) in [5, 5.41) is 3.11. The fourth-order valence-corrected chi connectivity index (χ4v) is 3.10. The summed E-state index contributed by atoms with van der Waals surface area (Å²) in [5.74, 6) is 0.747. The third kappa shape index (κ3) is 2.02. The van der Waals surface area contributed by atoms with E-state index < -0.39 is 0 Å². The molecular formula is C18H15N7. The smallest absolute Gasteiger partial charge is 0.185 e. The molecule has 0 atom stereocenters. The number of anilines is 1. The largest absolute Gasteiger partial charge is 0.267 e. The summed E-state index contributed by atoms with van der Waals surface area (Å²) < 4.78 is 5.93. The van der Waals surface area contributed by atoms with Crippen LogP contribution < -0.4 is 5.01 Å². The van der Waals surface area contributed by atoms with Crippen molar-refractivity contribution in [3.8, 4) is 0 Å². The summed E-state index contributed by atoms with van der Waals surface area (Å²) in [6.07, 6.45) is 9.29. The Morgan fingerprint density at radius 2 is 1.68 bits per heavy atom. The first kappa shape index (κ1) is 13.8. The fourth-order valence-electron chi connectivity index (χ4n) is 3.10. The number of hydrogen-bond acceptors (Lipinski definition) is 4. The van der Waals surface area contributed by atoms with Crippen molar-refractivity contribution in [3.63, 3.8) is 0 Å². The van der Waals surface area contributed by atoms with Crippen LogP contribution in [0.25, 0.3) is 22.1 Å². The molecule has 7 nitrogen and oxygen atoms in total. The van der Waals surface area contributed by atoms with Gasteiger partial charge in [0.05, 0.1) is 5.52 Å². The number of rotatable bonds is 3. The number of aromatic nitrogens is 6. The Hall–Kier alpha value is -3.61. The lowest BCUT2D eigenvalue weighted by Crippen LogP contribution is -2.24. The van der Waals surface area contributed by atoms with Crippen LogP contribution in [0.5, 0.6) is 0 Å². The summed E-state index contributed by atoms with van der Waals surface area (Å²) in [4.78, 5) is 13.5. The van der Waals surface area contributed by atoms with E-state index in [1.54, 1.807) is 12.7 Å². The van der Waals surface area contributed by atoms with Gasteiger partial charge in [-0.25, -0.2) is 19.6 Å². The number of para-hydroxylation sites is 1. The molecule has 4 heterocycles. The SMILES string of the molecule is CN(c1ncnc2c1ncn2-n1ccc2ccccc21)n1cccc1. The normalized spacial score (nSPS) is 11.4. The highest BCUT2D eigenvalue weighted by atomic mass is 15.6. The van der Waals surface area contributed by atoms with Gasteiger partial charge in [0.15, 0.2) is 17.0 Å². The fraction of sp³-hybridized carbons (Fsp3) is 0.0556. The van der Waals surface area contributed by atoms with E-state index in [4.69, 9.17) is 0 Å². The number of benzene rings is 1. The van der Waals surface area contributed by atoms with Crippen molar-refractivity contribution in [2.24, 2.45) is 0 Å². The highest BCUT2D eigenvalue weighted by molar-refractivity contribution is 5.84. The summed E-state index contributed by atoms with van der Waals surface area (Å²) in [5.41, 5.74) is 2.60. The second kappa shape index (κ2) is 5.20. The molecule has 7 heteroatoms. The van der Waals surface area contributed by atoms with Gasteiger partial charge in [0.1, 0.15) is 12.7 Å². The van der Waals surface area contributed by atoms with Crippen LogP contribution in [0.4, 0.5) is 5.82 Å². The molecule has 25 heavy (non-hydrogen) atoms. The molecule has 0 amide bonds. The zero-order valence-electron chi connectivity index (χ0n) is 13.6. The highest BCUT2D eigenvalue weighted by Gasteiger charge is 2.15. The lowest BCUT2D eigenvalue weighted by atomic mass is 10.3. The van der Waals surface area contributed by atoms with E-state index in [0.29, 0.717) is 0 Å². The lowest BCUT2D eigenvalue weighted by molar-refractivity contribution is 0.702. The van der Waals surface area contributed by atoms with Crippen LogP contribution in [0.1, 0.15) is 0 Å². The number of nitrogens with zero attached hydrogens (tertiary/aromatic N) is 7. The van der Waals surface area contributed by atoms with Crippen LogP contribution in [0.3, 0.4) is 0 Å². The number of imidazole rings is 1. The second-order valence-corrected chi connectivity index (χ2v) is 5.76. The Morgan fingerprint density at radius 1 is 0.840 bits per heavy atom. The average molecular weight is 329 g/mol. The second-order valence-electron chi connectivity index (χ2n) is 5.76. The predicted octanol–water partition coefficient (Wildman–Crippen LogP) is 2.79. The van der Waals surface area contributed by atoms with Gasteiger partial charge in [0.25, 0.3) is 0 Å². The first-order chi connectivity index (χ1) is 12.3. The molecule has 0 fully saturated rings. The molecule has 0 N–H and O–H groups in total. The van der Waals surface area contributed by atoms with Gasteiger partial charge in [-0.2, -0.15) is 0 Å². The van der Waals surface area contributed by atoms with Crippen molar-refractivity contribution in [2.45, 2.75) is 0 Å². The van der Waals surface area contributed by atoms with Gasteiger partial charge < -0.3 is 0 Å². The number of hydrogen-bond donors (Lipinski definition) is 0. The van der Waals surface area contributed by atoms with Crippen molar-refractivity contribution in [2.75, 3.05) is 12.1 Å². The molecule has 4 aromatic heterocycles. The van der Waals surface area contributed by atoms with Crippen LogP contribution in [0.2, 0.25) is 0 Å². The molecule has 0 saturated carbocycles. The maximum absolute atomic E-state index is 4.57. The van der Waals surface area contributed by atoms with E-state index in [1.807, 2.05) is 68.9 Å². The first-order valence-electron chi connectivity index (χ1n) is 7.95. The third-order valence-electron chi connectivity index (χ3n) is 4.35. The van der Waals surface area contributed by atoms with Crippen LogP contribution in [0, 0.1) is 0 Å². The van der Waals surface area contributed by atoms with E-state index in [2.05, 4.69) is 33.2 Å². The molecular weight excluding hydrogens is 314 g/mol. The quantitative estimate of drug-likeness (QED) is 0.511. The van der Waals surface area contributed by atoms with Crippen molar-refractivity contribution >= 4 is 27.9 Å². The maximum atomic E-state index is 4.57. The van der Waals surface area contributed by atoms with Gasteiger partial charge in [-0.15, -0.1) is 0 Å². The number of fused-ring (bicyclic) bond motifs is 2. The third-order valence-corrected chi connectivity index (χ3v) is 4.35. The average Bonchev–Trinajstić information content (AvgIpc) is 3.39. The van der Waals surface area contributed by atoms with E-state index in [-0.39, 0.29) is 0 Å². The Kier molecular flexibility index (Phi) is 2.87. The van der Waals surface area contributed by atoms with E-state index in [1.165, 1.54) is 5.39 Å². The first-order valence-corrected chi connectivity index (χ1v) is 7.95. The molecule has 0 aliphatic rings. The molecule has 122 valence electrons. The zero-order valence-corrected chi connectivity index (χ0v) is 13.6. The molecule has 0 bridgehead atoms. The summed E-state index contributed by atoms with van der Waals surface area (Å²) in [6, 6.07) is 14.2. The van der Waals surface area contributed by atoms with Gasteiger partial charge >= 0.3 is 0 Å². The molecule has 1 aromatic carbocycles. The molecule has 0 radical (unpaired) electrons. The van der Waals surface area contributed by atoms with Gasteiger partial charge in [-0.1, -0.05) is 18.2 Å². The van der Waals surface area contributed by atoms with E-state index in [0.717, 1.165) is 22.5 Å². The van der Waals surface area contributed by atoms with Crippen LogP contribution >= 0.6 is 0 Å².